The van der Waals surface area contributed by atoms with Crippen molar-refractivity contribution in [3.05, 3.63) is 50.8 Å². The van der Waals surface area contributed by atoms with E-state index < -0.39 is 36.3 Å². The van der Waals surface area contributed by atoms with Crippen LogP contribution < -0.4 is 11.1 Å². The zero-order chi connectivity index (χ0) is 22.3. The number of thioether (sulfide) groups is 1. The summed E-state index contributed by atoms with van der Waals surface area (Å²) in [6.45, 7) is 1.06. The molecule has 1 aromatic carbocycles. The normalized spacial score (nSPS) is 16.2. The van der Waals surface area contributed by atoms with Gasteiger partial charge in [-0.05, 0) is 25.1 Å². The Labute approximate surface area is 191 Å². The van der Waals surface area contributed by atoms with Crippen molar-refractivity contribution in [2.45, 2.75) is 35.6 Å². The molecule has 4 unspecified atom stereocenters. The summed E-state index contributed by atoms with van der Waals surface area (Å²) in [7, 11) is 0. The summed E-state index contributed by atoms with van der Waals surface area (Å²) >= 11 is 14.2. The van der Waals surface area contributed by atoms with Crippen molar-refractivity contribution >= 4 is 52.0 Å². The lowest BCUT2D eigenvalue weighted by Crippen LogP contribution is -2.41. The number of benzene rings is 1. The monoisotopic (exact) mass is 497 g/mol. The summed E-state index contributed by atoms with van der Waals surface area (Å²) in [6.07, 6.45) is -1.53. The molecule has 0 aliphatic rings. The number of hydrogen-bond acceptors (Lipinski definition) is 9. The SMILES string of the molecule is CC(O)C(CO)OC(Sc1ccc(Cl)c(Cl)c1)C(O)CN/C=C(\N)c1nc(F)cs1. The van der Waals surface area contributed by atoms with Gasteiger partial charge in [0.15, 0.2) is 0 Å². The van der Waals surface area contributed by atoms with Crippen LogP contribution in [-0.2, 0) is 4.74 Å². The molecule has 2 rings (SSSR count). The van der Waals surface area contributed by atoms with Crippen LogP contribution >= 0.6 is 46.3 Å². The van der Waals surface area contributed by atoms with Crippen LogP contribution in [0.1, 0.15) is 11.9 Å². The maximum atomic E-state index is 13.0. The van der Waals surface area contributed by atoms with Crippen molar-refractivity contribution < 1.29 is 24.4 Å². The van der Waals surface area contributed by atoms with Crippen molar-refractivity contribution in [2.24, 2.45) is 5.73 Å². The lowest BCUT2D eigenvalue weighted by Gasteiger charge is -2.28. The molecule has 0 radical (unpaired) electrons. The second-order valence-corrected chi connectivity index (χ2v) is 9.05. The van der Waals surface area contributed by atoms with Gasteiger partial charge < -0.3 is 31.1 Å². The summed E-state index contributed by atoms with van der Waals surface area (Å²) in [5, 5.41) is 35.0. The van der Waals surface area contributed by atoms with Crippen LogP contribution in [0.4, 0.5) is 4.39 Å². The van der Waals surface area contributed by atoms with E-state index in [-0.39, 0.29) is 12.2 Å². The van der Waals surface area contributed by atoms with Gasteiger partial charge in [0.2, 0.25) is 5.95 Å². The Morgan fingerprint density at radius 1 is 1.40 bits per heavy atom. The van der Waals surface area contributed by atoms with E-state index in [0.717, 1.165) is 23.1 Å². The number of thiazole rings is 1. The number of halogens is 3. The molecule has 30 heavy (non-hydrogen) atoms. The van der Waals surface area contributed by atoms with Crippen molar-refractivity contribution in [1.82, 2.24) is 10.3 Å². The second kappa shape index (κ2) is 12.1. The predicted molar refractivity (Wildman–Crippen MR) is 118 cm³/mol. The fourth-order valence-corrected chi connectivity index (χ4v) is 4.21. The van der Waals surface area contributed by atoms with Crippen LogP contribution in [0.3, 0.4) is 0 Å². The Balaban J connectivity index is 2.08. The first-order valence-corrected chi connectivity index (χ1v) is 11.3. The number of nitrogens with zero attached hydrogens (tertiary/aromatic N) is 1. The molecule has 0 bridgehead atoms. The first kappa shape index (κ1) is 25.2. The Kier molecular flexibility index (Phi) is 10.1. The van der Waals surface area contributed by atoms with E-state index in [1.807, 2.05) is 0 Å². The van der Waals surface area contributed by atoms with Gasteiger partial charge in [0, 0.05) is 23.0 Å². The Bertz CT molecular complexity index is 857. The third-order valence-corrected chi connectivity index (χ3v) is 6.58. The molecule has 2 aromatic rings. The van der Waals surface area contributed by atoms with Crippen LogP contribution in [0, 0.1) is 5.95 Å². The molecule has 0 aliphatic carbocycles. The van der Waals surface area contributed by atoms with E-state index in [1.54, 1.807) is 18.2 Å². The number of hydrogen-bond donors (Lipinski definition) is 5. The van der Waals surface area contributed by atoms with Crippen molar-refractivity contribution in [3.8, 4) is 0 Å². The molecular formula is C18H22Cl2FN3O4S2. The minimum atomic E-state index is -1.07. The van der Waals surface area contributed by atoms with E-state index in [0.29, 0.717) is 19.9 Å². The first-order chi connectivity index (χ1) is 14.2. The Morgan fingerprint density at radius 2 is 2.13 bits per heavy atom. The van der Waals surface area contributed by atoms with E-state index >= 15 is 0 Å². The number of nitrogens with one attached hydrogen (secondary N) is 1. The van der Waals surface area contributed by atoms with Gasteiger partial charge in [-0.1, -0.05) is 35.0 Å². The summed E-state index contributed by atoms with van der Waals surface area (Å²) in [5.74, 6) is -0.619. The summed E-state index contributed by atoms with van der Waals surface area (Å²) in [6, 6.07) is 4.94. The molecule has 1 aromatic heterocycles. The second-order valence-electron chi connectivity index (χ2n) is 6.21. The third-order valence-electron chi connectivity index (χ3n) is 3.79. The van der Waals surface area contributed by atoms with E-state index in [1.165, 1.54) is 18.5 Å². The van der Waals surface area contributed by atoms with Gasteiger partial charge in [0.1, 0.15) is 22.7 Å². The maximum absolute atomic E-state index is 13.0. The maximum Gasteiger partial charge on any atom is 0.224 e. The molecule has 4 atom stereocenters. The lowest BCUT2D eigenvalue weighted by atomic mass is 10.2. The molecular weight excluding hydrogens is 476 g/mol. The van der Waals surface area contributed by atoms with E-state index in [4.69, 9.17) is 33.7 Å². The van der Waals surface area contributed by atoms with Crippen LogP contribution in [-0.4, -0.2) is 57.2 Å². The average molecular weight is 498 g/mol. The summed E-state index contributed by atoms with van der Waals surface area (Å²) in [4.78, 5) is 4.30. The molecule has 1 heterocycles. The fraction of sp³-hybridized carbons (Fsp3) is 0.389. The van der Waals surface area contributed by atoms with Gasteiger partial charge in [-0.15, -0.1) is 11.3 Å². The number of nitrogens with two attached hydrogens (primary N) is 1. The van der Waals surface area contributed by atoms with Crippen molar-refractivity contribution in [1.29, 1.82) is 0 Å². The highest BCUT2D eigenvalue weighted by Crippen LogP contribution is 2.32. The average Bonchev–Trinajstić information content (AvgIpc) is 3.13. The van der Waals surface area contributed by atoms with E-state index in [2.05, 4.69) is 10.3 Å². The summed E-state index contributed by atoms with van der Waals surface area (Å²) in [5.41, 5.74) is 5.18. The standard InChI is InChI=1S/C18H22Cl2FN3O4S2/c1-9(26)15(7-25)28-18(30-10-2-3-11(19)12(20)4-10)14(27)6-23-5-13(22)17-24-16(21)8-29-17/h2-5,8-9,14-15,18,23,25-27H,6-7,22H2,1H3/b13-5-. The molecule has 166 valence electrons. The molecule has 0 fully saturated rings. The molecule has 0 amide bonds. The molecule has 7 nitrogen and oxygen atoms in total. The molecule has 6 N–H and O–H groups in total. The Morgan fingerprint density at radius 3 is 2.70 bits per heavy atom. The minimum absolute atomic E-state index is 0.0193. The van der Waals surface area contributed by atoms with Crippen LogP contribution in [0.5, 0.6) is 0 Å². The topological polar surface area (TPSA) is 121 Å². The predicted octanol–water partition coefficient (Wildman–Crippen LogP) is 2.67. The lowest BCUT2D eigenvalue weighted by molar-refractivity contribution is -0.0933. The first-order valence-electron chi connectivity index (χ1n) is 8.75. The third kappa shape index (κ3) is 7.54. The van der Waals surface area contributed by atoms with Crippen molar-refractivity contribution in [2.75, 3.05) is 13.2 Å². The molecule has 0 saturated carbocycles. The quantitative estimate of drug-likeness (QED) is 0.237. The number of aliphatic hydroxyl groups excluding tert-OH is 3. The highest BCUT2D eigenvalue weighted by molar-refractivity contribution is 7.99. The smallest absolute Gasteiger partial charge is 0.224 e. The van der Waals surface area contributed by atoms with Gasteiger partial charge in [0.25, 0.3) is 0 Å². The highest BCUT2D eigenvalue weighted by Gasteiger charge is 2.27. The number of aliphatic hydroxyl groups is 3. The van der Waals surface area contributed by atoms with Gasteiger partial charge in [-0.3, -0.25) is 0 Å². The van der Waals surface area contributed by atoms with E-state index in [9.17, 15) is 19.7 Å². The number of ether oxygens (including phenoxy) is 1. The van der Waals surface area contributed by atoms with Gasteiger partial charge in [-0.2, -0.15) is 4.39 Å². The fourth-order valence-electron chi connectivity index (χ4n) is 2.20. The van der Waals surface area contributed by atoms with Gasteiger partial charge >= 0.3 is 0 Å². The molecule has 0 spiro atoms. The van der Waals surface area contributed by atoms with Gasteiger partial charge in [-0.25, -0.2) is 4.98 Å². The highest BCUT2D eigenvalue weighted by atomic mass is 35.5. The number of aromatic nitrogens is 1. The van der Waals surface area contributed by atoms with Crippen LogP contribution in [0.2, 0.25) is 10.0 Å². The molecule has 0 saturated heterocycles. The van der Waals surface area contributed by atoms with Crippen molar-refractivity contribution in [3.63, 3.8) is 0 Å². The van der Waals surface area contributed by atoms with Crippen LogP contribution in [0.15, 0.2) is 34.7 Å². The van der Waals surface area contributed by atoms with Gasteiger partial charge in [0.05, 0.1) is 28.5 Å². The van der Waals surface area contributed by atoms with Crippen LogP contribution in [0.25, 0.3) is 5.70 Å². The molecule has 0 aliphatic heterocycles. The number of rotatable bonds is 11. The largest absolute Gasteiger partial charge is 0.395 e. The zero-order valence-electron chi connectivity index (χ0n) is 15.8. The molecule has 12 heteroatoms. The minimum Gasteiger partial charge on any atom is -0.395 e. The zero-order valence-corrected chi connectivity index (χ0v) is 19.0. The summed E-state index contributed by atoms with van der Waals surface area (Å²) < 4.78 is 18.7. The Hall–Kier alpha value is -1.11.